The Hall–Kier alpha value is -2.48. The van der Waals surface area contributed by atoms with Gasteiger partial charge >= 0.3 is 5.97 Å². The molecule has 0 aromatic heterocycles. The summed E-state index contributed by atoms with van der Waals surface area (Å²) in [5, 5.41) is 14.4. The van der Waals surface area contributed by atoms with Gasteiger partial charge in [0.2, 0.25) is 11.8 Å². The van der Waals surface area contributed by atoms with Crippen molar-refractivity contribution in [3.8, 4) is 0 Å². The number of rotatable bonds is 4. The largest absolute Gasteiger partial charge is 0.481 e. The fourth-order valence-electron chi connectivity index (χ4n) is 3.20. The number of hydrogen-bond donors (Lipinski definition) is 3. The molecule has 0 saturated carbocycles. The third-order valence-corrected chi connectivity index (χ3v) is 4.35. The number of carboxylic acids is 1. The van der Waals surface area contributed by atoms with Gasteiger partial charge in [0.05, 0.1) is 24.5 Å². The molecule has 1 fully saturated rings. The molecule has 0 spiro atoms. The average Bonchev–Trinajstić information content (AvgIpc) is 2.92. The Morgan fingerprint density at radius 1 is 1.46 bits per heavy atom. The number of aliphatic carboxylic acids is 1. The second kappa shape index (κ2) is 6.20. The van der Waals surface area contributed by atoms with E-state index in [-0.39, 0.29) is 31.0 Å². The molecule has 1 aromatic rings. The SMILES string of the molecule is O=C(O)CC1(NC(=O)C2CC(=O)Nc3cc(F)ccc32)CCOC1. The number of benzene rings is 1. The van der Waals surface area contributed by atoms with Crippen LogP contribution in [0.15, 0.2) is 18.2 Å². The number of carbonyl (C=O) groups excluding carboxylic acids is 2. The fourth-order valence-corrected chi connectivity index (χ4v) is 3.20. The molecule has 24 heavy (non-hydrogen) atoms. The summed E-state index contributed by atoms with van der Waals surface area (Å²) in [5.74, 6) is -3.18. The zero-order chi connectivity index (χ0) is 17.3. The zero-order valence-electron chi connectivity index (χ0n) is 12.8. The van der Waals surface area contributed by atoms with E-state index in [4.69, 9.17) is 9.84 Å². The molecule has 2 atom stereocenters. The lowest BCUT2D eigenvalue weighted by molar-refractivity contribution is -0.139. The van der Waals surface area contributed by atoms with E-state index in [0.29, 0.717) is 18.6 Å². The molecular weight excluding hydrogens is 319 g/mol. The Bertz CT molecular complexity index is 700. The lowest BCUT2D eigenvalue weighted by Gasteiger charge is -2.31. The van der Waals surface area contributed by atoms with Crippen LogP contribution < -0.4 is 10.6 Å². The standard InChI is InChI=1S/C16H17FN2O5/c17-9-1-2-10-11(6-13(20)18-12(10)5-9)15(23)19-16(7-14(21)22)3-4-24-8-16/h1-2,5,11H,3-4,6-8H2,(H,18,20)(H,19,23)(H,21,22). The summed E-state index contributed by atoms with van der Waals surface area (Å²) in [4.78, 5) is 35.6. The highest BCUT2D eigenvalue weighted by atomic mass is 19.1. The van der Waals surface area contributed by atoms with Gasteiger partial charge in [0.15, 0.2) is 0 Å². The molecule has 0 bridgehead atoms. The number of amides is 2. The molecule has 3 N–H and O–H groups in total. The van der Waals surface area contributed by atoms with Crippen LogP contribution in [-0.4, -0.2) is 41.6 Å². The number of nitrogens with one attached hydrogen (secondary N) is 2. The predicted molar refractivity (Wildman–Crippen MR) is 81.0 cm³/mol. The monoisotopic (exact) mass is 336 g/mol. The van der Waals surface area contributed by atoms with Crippen LogP contribution in [0, 0.1) is 5.82 Å². The number of fused-ring (bicyclic) bond motifs is 1. The lowest BCUT2D eigenvalue weighted by Crippen LogP contribution is -2.52. The van der Waals surface area contributed by atoms with E-state index in [1.54, 1.807) is 0 Å². The molecule has 2 heterocycles. The second-order valence-corrected chi connectivity index (χ2v) is 6.18. The molecular formula is C16H17FN2O5. The molecule has 2 aliphatic rings. The summed E-state index contributed by atoms with van der Waals surface area (Å²) in [7, 11) is 0. The first kappa shape index (κ1) is 16.4. The van der Waals surface area contributed by atoms with Gasteiger partial charge in [-0.05, 0) is 24.1 Å². The van der Waals surface area contributed by atoms with Crippen LogP contribution in [0.2, 0.25) is 0 Å². The van der Waals surface area contributed by atoms with Gasteiger partial charge in [-0.15, -0.1) is 0 Å². The highest BCUT2D eigenvalue weighted by Gasteiger charge is 2.41. The van der Waals surface area contributed by atoms with Crippen LogP contribution >= 0.6 is 0 Å². The number of anilines is 1. The molecule has 3 rings (SSSR count). The Morgan fingerprint density at radius 2 is 2.25 bits per heavy atom. The van der Waals surface area contributed by atoms with Gasteiger partial charge in [0.25, 0.3) is 0 Å². The van der Waals surface area contributed by atoms with Crippen LogP contribution in [0.4, 0.5) is 10.1 Å². The average molecular weight is 336 g/mol. The fraction of sp³-hybridized carbons (Fsp3) is 0.438. The van der Waals surface area contributed by atoms with Crippen LogP contribution in [0.1, 0.15) is 30.7 Å². The molecule has 1 aromatic carbocycles. The summed E-state index contributed by atoms with van der Waals surface area (Å²) in [6.45, 7) is 0.473. The highest BCUT2D eigenvalue weighted by Crippen LogP contribution is 2.34. The van der Waals surface area contributed by atoms with Crippen molar-refractivity contribution in [3.63, 3.8) is 0 Å². The van der Waals surface area contributed by atoms with Crippen LogP contribution in [-0.2, 0) is 19.1 Å². The van der Waals surface area contributed by atoms with Crippen LogP contribution in [0.25, 0.3) is 0 Å². The minimum absolute atomic E-state index is 0.0749. The molecule has 0 aliphatic carbocycles. The molecule has 1 saturated heterocycles. The van der Waals surface area contributed by atoms with Gasteiger partial charge in [0.1, 0.15) is 5.82 Å². The minimum Gasteiger partial charge on any atom is -0.481 e. The first-order valence-electron chi connectivity index (χ1n) is 7.59. The quantitative estimate of drug-likeness (QED) is 0.761. The maximum absolute atomic E-state index is 13.3. The maximum atomic E-state index is 13.3. The van der Waals surface area contributed by atoms with E-state index in [9.17, 15) is 18.8 Å². The smallest absolute Gasteiger partial charge is 0.305 e. The third-order valence-electron chi connectivity index (χ3n) is 4.35. The zero-order valence-corrected chi connectivity index (χ0v) is 12.8. The van der Waals surface area contributed by atoms with E-state index < -0.39 is 29.2 Å². The Morgan fingerprint density at radius 3 is 2.92 bits per heavy atom. The van der Waals surface area contributed by atoms with E-state index >= 15 is 0 Å². The van der Waals surface area contributed by atoms with Gasteiger partial charge in [-0.2, -0.15) is 0 Å². The van der Waals surface area contributed by atoms with Gasteiger partial charge < -0.3 is 20.5 Å². The molecule has 2 aliphatic heterocycles. The summed E-state index contributed by atoms with van der Waals surface area (Å²) in [6.07, 6.45) is 0.0582. The summed E-state index contributed by atoms with van der Waals surface area (Å²) in [6, 6.07) is 3.85. The van der Waals surface area contributed by atoms with Crippen LogP contribution in [0.5, 0.6) is 0 Å². The molecule has 2 amide bonds. The van der Waals surface area contributed by atoms with Crippen molar-refractivity contribution < 1.29 is 28.6 Å². The molecule has 0 radical (unpaired) electrons. The molecule has 8 heteroatoms. The summed E-state index contributed by atoms with van der Waals surface area (Å²) < 4.78 is 18.6. The van der Waals surface area contributed by atoms with Crippen molar-refractivity contribution in [1.82, 2.24) is 5.32 Å². The summed E-state index contributed by atoms with van der Waals surface area (Å²) in [5.41, 5.74) is -0.198. The molecule has 128 valence electrons. The van der Waals surface area contributed by atoms with Crippen molar-refractivity contribution >= 4 is 23.5 Å². The molecule has 2 unspecified atom stereocenters. The second-order valence-electron chi connectivity index (χ2n) is 6.18. The van der Waals surface area contributed by atoms with Crippen molar-refractivity contribution in [2.45, 2.75) is 30.7 Å². The highest BCUT2D eigenvalue weighted by molar-refractivity contribution is 6.01. The van der Waals surface area contributed by atoms with Gasteiger partial charge in [-0.25, -0.2) is 4.39 Å². The number of carboxylic acid groups (broad SMARTS) is 1. The van der Waals surface area contributed by atoms with Crippen molar-refractivity contribution in [1.29, 1.82) is 0 Å². The van der Waals surface area contributed by atoms with E-state index in [0.717, 1.165) is 0 Å². The lowest BCUT2D eigenvalue weighted by atomic mass is 9.87. The third kappa shape index (κ3) is 3.23. The van der Waals surface area contributed by atoms with Crippen molar-refractivity contribution in [2.75, 3.05) is 18.5 Å². The van der Waals surface area contributed by atoms with Crippen molar-refractivity contribution in [2.24, 2.45) is 0 Å². The van der Waals surface area contributed by atoms with E-state index in [1.807, 2.05) is 0 Å². The summed E-state index contributed by atoms with van der Waals surface area (Å²) >= 11 is 0. The number of hydrogen-bond acceptors (Lipinski definition) is 4. The van der Waals surface area contributed by atoms with Crippen molar-refractivity contribution in [3.05, 3.63) is 29.6 Å². The Kier molecular flexibility index (Phi) is 4.23. The number of halogens is 1. The number of carbonyl (C=O) groups is 3. The predicted octanol–water partition coefficient (Wildman–Crippen LogP) is 1.00. The molecule has 7 nitrogen and oxygen atoms in total. The Labute approximate surface area is 137 Å². The first-order chi connectivity index (χ1) is 11.4. The van der Waals surface area contributed by atoms with Crippen LogP contribution in [0.3, 0.4) is 0 Å². The number of ether oxygens (including phenoxy) is 1. The maximum Gasteiger partial charge on any atom is 0.305 e. The van der Waals surface area contributed by atoms with Gasteiger partial charge in [-0.1, -0.05) is 6.07 Å². The van der Waals surface area contributed by atoms with E-state index in [2.05, 4.69) is 10.6 Å². The normalized spacial score (nSPS) is 25.7. The first-order valence-corrected chi connectivity index (χ1v) is 7.59. The topological polar surface area (TPSA) is 105 Å². The van der Waals surface area contributed by atoms with Gasteiger partial charge in [-0.3, -0.25) is 14.4 Å². The Balaban J connectivity index is 1.85. The minimum atomic E-state index is -1.04. The van der Waals surface area contributed by atoms with E-state index in [1.165, 1.54) is 18.2 Å². The van der Waals surface area contributed by atoms with Gasteiger partial charge in [0, 0.05) is 18.7 Å².